The molecule has 4 nitrogen and oxygen atoms in total. The van der Waals surface area contributed by atoms with Crippen molar-refractivity contribution >= 4 is 11.9 Å². The fraction of sp³-hybridized carbons (Fsp3) is 0.500. The number of carboxylic acid groups (broad SMARTS) is 2. The van der Waals surface area contributed by atoms with Crippen molar-refractivity contribution in [1.29, 1.82) is 0 Å². The lowest BCUT2D eigenvalue weighted by Crippen LogP contribution is -2.12. The normalized spacial score (nSPS) is 22.0. The number of hydrogen-bond acceptors (Lipinski definition) is 2. The minimum absolute atomic E-state index is 0.0713. The topological polar surface area (TPSA) is 74.6 Å². The monoisotopic (exact) mass is 170 g/mol. The highest BCUT2D eigenvalue weighted by atomic mass is 16.4. The van der Waals surface area contributed by atoms with Crippen LogP contribution in [0.3, 0.4) is 0 Å². The second-order valence-corrected chi connectivity index (χ2v) is 2.84. The van der Waals surface area contributed by atoms with Crippen LogP contribution in [-0.2, 0) is 9.59 Å². The van der Waals surface area contributed by atoms with Gasteiger partial charge in [0.05, 0.1) is 6.42 Å². The van der Waals surface area contributed by atoms with E-state index in [0.717, 1.165) is 0 Å². The molecule has 2 N–H and O–H groups in total. The molecule has 66 valence electrons. The molecule has 0 aromatic carbocycles. The number of carboxylic acids is 2. The molecule has 0 aromatic heterocycles. The molecule has 1 atom stereocenters. The largest absolute Gasteiger partial charge is 0.481 e. The Morgan fingerprint density at radius 1 is 1.50 bits per heavy atom. The van der Waals surface area contributed by atoms with E-state index < -0.39 is 11.9 Å². The quantitative estimate of drug-likeness (QED) is 0.659. The number of hydrogen-bond donors (Lipinski definition) is 2. The van der Waals surface area contributed by atoms with Crippen LogP contribution in [0.4, 0.5) is 0 Å². The van der Waals surface area contributed by atoms with E-state index in [1.807, 2.05) is 0 Å². The first-order valence-corrected chi connectivity index (χ1v) is 3.76. The van der Waals surface area contributed by atoms with Gasteiger partial charge in [-0.1, -0.05) is 6.08 Å². The summed E-state index contributed by atoms with van der Waals surface area (Å²) in [4.78, 5) is 20.8. The number of allylic oxidation sites excluding steroid dienone is 1. The third-order valence-electron chi connectivity index (χ3n) is 1.99. The molecule has 0 saturated heterocycles. The smallest absolute Gasteiger partial charge is 0.331 e. The molecule has 1 unspecified atom stereocenters. The van der Waals surface area contributed by atoms with Crippen LogP contribution in [-0.4, -0.2) is 22.2 Å². The molecule has 0 heterocycles. The molecule has 0 radical (unpaired) electrons. The summed E-state index contributed by atoms with van der Waals surface area (Å²) in [6.07, 6.45) is 2.86. The van der Waals surface area contributed by atoms with Crippen LogP contribution in [0.25, 0.3) is 0 Å². The summed E-state index contributed by atoms with van der Waals surface area (Å²) in [5.41, 5.74) is 0.261. The summed E-state index contributed by atoms with van der Waals surface area (Å²) >= 11 is 0. The van der Waals surface area contributed by atoms with E-state index in [2.05, 4.69) is 0 Å². The maximum atomic E-state index is 10.5. The summed E-state index contributed by atoms with van der Waals surface area (Å²) < 4.78 is 0. The van der Waals surface area contributed by atoms with E-state index in [1.165, 1.54) is 0 Å². The minimum Gasteiger partial charge on any atom is -0.481 e. The van der Waals surface area contributed by atoms with Crippen LogP contribution in [0.2, 0.25) is 0 Å². The van der Waals surface area contributed by atoms with Gasteiger partial charge in [0, 0.05) is 11.5 Å². The highest BCUT2D eigenvalue weighted by Crippen LogP contribution is 2.28. The molecule has 0 amide bonds. The Labute approximate surface area is 69.5 Å². The zero-order chi connectivity index (χ0) is 9.14. The predicted octanol–water partition coefficient (Wildman–Crippen LogP) is 0.882. The maximum Gasteiger partial charge on any atom is 0.331 e. The number of rotatable bonds is 3. The number of carbonyl (C=O) groups is 2. The van der Waals surface area contributed by atoms with Gasteiger partial charge in [-0.15, -0.1) is 0 Å². The van der Waals surface area contributed by atoms with Gasteiger partial charge in [0.25, 0.3) is 0 Å². The van der Waals surface area contributed by atoms with Crippen molar-refractivity contribution in [2.24, 2.45) is 5.92 Å². The highest BCUT2D eigenvalue weighted by Gasteiger charge is 2.26. The third-order valence-corrected chi connectivity index (χ3v) is 1.99. The molecule has 1 rings (SSSR count). The zero-order valence-corrected chi connectivity index (χ0v) is 6.49. The average molecular weight is 170 g/mol. The molecular formula is C8H10O4. The van der Waals surface area contributed by atoms with Gasteiger partial charge < -0.3 is 10.2 Å². The lowest BCUT2D eigenvalue weighted by Gasteiger charge is -2.07. The Morgan fingerprint density at radius 2 is 2.17 bits per heavy atom. The fourth-order valence-electron chi connectivity index (χ4n) is 1.45. The van der Waals surface area contributed by atoms with Crippen molar-refractivity contribution in [2.45, 2.75) is 19.3 Å². The molecule has 1 aliphatic rings. The molecule has 0 aromatic rings. The summed E-state index contributed by atoms with van der Waals surface area (Å²) in [6.45, 7) is 0. The van der Waals surface area contributed by atoms with E-state index >= 15 is 0 Å². The Morgan fingerprint density at radius 3 is 2.67 bits per heavy atom. The average Bonchev–Trinajstić information content (AvgIpc) is 2.33. The van der Waals surface area contributed by atoms with Gasteiger partial charge in [-0.2, -0.15) is 0 Å². The van der Waals surface area contributed by atoms with E-state index in [9.17, 15) is 9.59 Å². The Bertz CT molecular complexity index is 241. The number of aliphatic carboxylic acids is 2. The van der Waals surface area contributed by atoms with Crippen molar-refractivity contribution in [3.8, 4) is 0 Å². The van der Waals surface area contributed by atoms with E-state index in [4.69, 9.17) is 10.2 Å². The molecule has 1 aliphatic carbocycles. The fourth-order valence-corrected chi connectivity index (χ4v) is 1.45. The van der Waals surface area contributed by atoms with Gasteiger partial charge >= 0.3 is 11.9 Å². The van der Waals surface area contributed by atoms with Crippen molar-refractivity contribution in [3.05, 3.63) is 11.6 Å². The van der Waals surface area contributed by atoms with Gasteiger partial charge in [0.15, 0.2) is 0 Å². The van der Waals surface area contributed by atoms with E-state index in [0.29, 0.717) is 12.8 Å². The molecular weight excluding hydrogens is 160 g/mol. The Hall–Kier alpha value is -1.32. The molecule has 0 saturated carbocycles. The van der Waals surface area contributed by atoms with Gasteiger partial charge in [-0.05, 0) is 12.8 Å². The molecule has 0 bridgehead atoms. The van der Waals surface area contributed by atoms with Crippen molar-refractivity contribution in [3.63, 3.8) is 0 Å². The van der Waals surface area contributed by atoms with Crippen molar-refractivity contribution < 1.29 is 19.8 Å². The van der Waals surface area contributed by atoms with Gasteiger partial charge in [-0.3, -0.25) is 4.79 Å². The second kappa shape index (κ2) is 3.38. The maximum absolute atomic E-state index is 10.5. The van der Waals surface area contributed by atoms with Crippen LogP contribution >= 0.6 is 0 Å². The van der Waals surface area contributed by atoms with Crippen LogP contribution < -0.4 is 0 Å². The van der Waals surface area contributed by atoms with Gasteiger partial charge in [0.2, 0.25) is 0 Å². The van der Waals surface area contributed by atoms with Crippen LogP contribution in [0.15, 0.2) is 11.6 Å². The first-order valence-electron chi connectivity index (χ1n) is 3.76. The van der Waals surface area contributed by atoms with Crippen LogP contribution in [0, 0.1) is 5.92 Å². The lowest BCUT2D eigenvalue weighted by molar-refractivity contribution is -0.138. The van der Waals surface area contributed by atoms with Crippen LogP contribution in [0.1, 0.15) is 19.3 Å². The van der Waals surface area contributed by atoms with Crippen molar-refractivity contribution in [1.82, 2.24) is 0 Å². The standard InChI is InChI=1S/C8H10O4/c9-7(10)4-5-2-1-3-6(5)8(11)12/h3,5H,1-2,4H2,(H,9,10)(H,11,12). The summed E-state index contributed by atoms with van der Waals surface area (Å²) in [7, 11) is 0. The van der Waals surface area contributed by atoms with Gasteiger partial charge in [-0.25, -0.2) is 4.79 Å². The molecule has 0 aliphatic heterocycles. The minimum atomic E-state index is -0.987. The van der Waals surface area contributed by atoms with Gasteiger partial charge in [0.1, 0.15) is 0 Å². The lowest BCUT2D eigenvalue weighted by atomic mass is 9.98. The predicted molar refractivity (Wildman–Crippen MR) is 40.7 cm³/mol. The summed E-state index contributed by atoms with van der Waals surface area (Å²) in [5, 5.41) is 17.1. The summed E-state index contributed by atoms with van der Waals surface area (Å²) in [5.74, 6) is -2.22. The molecule has 4 heteroatoms. The zero-order valence-electron chi connectivity index (χ0n) is 6.49. The SMILES string of the molecule is O=C(O)CC1CCC=C1C(=O)O. The molecule has 0 spiro atoms. The third kappa shape index (κ3) is 1.84. The second-order valence-electron chi connectivity index (χ2n) is 2.84. The highest BCUT2D eigenvalue weighted by molar-refractivity contribution is 5.88. The molecule has 12 heavy (non-hydrogen) atoms. The van der Waals surface area contributed by atoms with E-state index in [-0.39, 0.29) is 17.9 Å². The first kappa shape index (κ1) is 8.77. The van der Waals surface area contributed by atoms with Crippen LogP contribution in [0.5, 0.6) is 0 Å². The Kier molecular flexibility index (Phi) is 2.47. The summed E-state index contributed by atoms with van der Waals surface area (Å²) in [6, 6.07) is 0. The molecule has 0 fully saturated rings. The van der Waals surface area contributed by atoms with E-state index in [1.54, 1.807) is 6.08 Å². The Balaban J connectivity index is 2.62. The van der Waals surface area contributed by atoms with Crippen molar-refractivity contribution in [2.75, 3.05) is 0 Å². The first-order chi connectivity index (χ1) is 5.61.